The minimum atomic E-state index is -0.0109. The van der Waals surface area contributed by atoms with Crippen LogP contribution < -0.4 is 4.90 Å². The Labute approximate surface area is 364 Å². The zero-order valence-electron chi connectivity index (χ0n) is 38.7. The lowest BCUT2D eigenvalue weighted by Crippen LogP contribution is -2.42. The second-order valence-corrected chi connectivity index (χ2v) is 23.0. The van der Waals surface area contributed by atoms with Gasteiger partial charge >= 0.3 is 0 Å². The molecule has 1 N–H and O–H groups in total. The molecule has 2 amide bonds. The number of likely N-dealkylation sites (tertiary alicyclic amines) is 2. The first-order valence-corrected chi connectivity index (χ1v) is 23.4. The number of carbonyl (C=O) groups excluding carboxylic acids is 2. The number of hydrogen-bond donors (Lipinski definition) is 1. The van der Waals surface area contributed by atoms with Crippen molar-refractivity contribution in [3.05, 3.63) is 88.7 Å². The van der Waals surface area contributed by atoms with Gasteiger partial charge in [0.25, 0.3) is 0 Å². The fourth-order valence-electron chi connectivity index (χ4n) is 12.7. The topological polar surface area (TPSA) is 84.9 Å². The summed E-state index contributed by atoms with van der Waals surface area (Å²) in [6.45, 7) is 26.4. The summed E-state index contributed by atoms with van der Waals surface area (Å²) in [5, 5.41) is 0. The van der Waals surface area contributed by atoms with E-state index in [1.807, 2.05) is 0 Å². The third kappa shape index (κ3) is 6.18. The number of aromatic amines is 1. The van der Waals surface area contributed by atoms with Gasteiger partial charge in [-0.1, -0.05) is 106 Å². The Morgan fingerprint density at radius 1 is 0.656 bits per heavy atom. The smallest absolute Gasteiger partial charge is 0.227 e. The van der Waals surface area contributed by atoms with Crippen molar-refractivity contribution in [2.24, 2.45) is 38.5 Å². The zero-order chi connectivity index (χ0) is 43.2. The summed E-state index contributed by atoms with van der Waals surface area (Å²) >= 11 is 0. The maximum atomic E-state index is 14.0. The Morgan fingerprint density at radius 2 is 1.20 bits per heavy atom. The number of benzene rings is 3. The number of anilines is 1. The summed E-state index contributed by atoms with van der Waals surface area (Å²) in [4.78, 5) is 49.0. The molecule has 8 heteroatoms. The molecule has 3 aromatic carbocycles. The van der Waals surface area contributed by atoms with Crippen LogP contribution in [0.15, 0.2) is 65.7 Å². The number of nitrogens with one attached hydrogen (secondary N) is 1. The Bertz CT molecular complexity index is 2440. The quantitative estimate of drug-likeness (QED) is 0.201. The van der Waals surface area contributed by atoms with Gasteiger partial charge in [0.05, 0.1) is 40.9 Å². The van der Waals surface area contributed by atoms with Crippen molar-refractivity contribution in [3.8, 4) is 0 Å². The monoisotopic (exact) mass is 821 g/mol. The number of aliphatic imine (C=N–C) groups is 1. The molecule has 2 saturated carbocycles. The number of hydrogen-bond acceptors (Lipinski definition) is 5. The molecule has 0 unspecified atom stereocenters. The van der Waals surface area contributed by atoms with Crippen LogP contribution in [0.5, 0.6) is 0 Å². The van der Waals surface area contributed by atoms with Crippen molar-refractivity contribution >= 4 is 39.9 Å². The van der Waals surface area contributed by atoms with Crippen molar-refractivity contribution in [2.45, 2.75) is 151 Å². The first-order chi connectivity index (χ1) is 28.7. The van der Waals surface area contributed by atoms with Gasteiger partial charge in [0.1, 0.15) is 5.82 Å². The molecule has 2 aliphatic carbocycles. The van der Waals surface area contributed by atoms with Crippen molar-refractivity contribution in [2.75, 3.05) is 18.0 Å². The SMILES string of the molecule is CC(C)(C)c1ccc(N2[C@@H](c3ccc4c(c3)CC([C@@H]3CCCN3C(=O)C3C(C)(C)C3(C)C)=N4)CC[C@@H]2c2ccc3nc([C@@H]4CCCN4C(=O)C4C(C)(C)C4(C)C)[nH]c3c2)cc1. The van der Waals surface area contributed by atoms with Gasteiger partial charge < -0.3 is 19.7 Å². The van der Waals surface area contributed by atoms with E-state index >= 15 is 0 Å². The molecule has 0 bridgehead atoms. The van der Waals surface area contributed by atoms with E-state index in [2.05, 4.69) is 157 Å². The van der Waals surface area contributed by atoms with Crippen LogP contribution in [0.4, 0.5) is 11.4 Å². The van der Waals surface area contributed by atoms with Gasteiger partial charge in [-0.15, -0.1) is 0 Å². The lowest BCUT2D eigenvalue weighted by atomic mass is 9.87. The number of carbonyl (C=O) groups is 2. The third-order valence-corrected chi connectivity index (χ3v) is 17.8. The van der Waals surface area contributed by atoms with Crippen LogP contribution in [0.1, 0.15) is 161 Å². The normalized spacial score (nSPS) is 27.5. The van der Waals surface area contributed by atoms with E-state index in [0.29, 0.717) is 5.91 Å². The first-order valence-electron chi connectivity index (χ1n) is 23.4. The third-order valence-electron chi connectivity index (χ3n) is 17.8. The van der Waals surface area contributed by atoms with Crippen molar-refractivity contribution in [1.82, 2.24) is 19.8 Å². The van der Waals surface area contributed by atoms with Gasteiger partial charge in [0.2, 0.25) is 11.8 Å². The Morgan fingerprint density at radius 3 is 1.77 bits per heavy atom. The van der Waals surface area contributed by atoms with Crippen molar-refractivity contribution in [1.29, 1.82) is 0 Å². The van der Waals surface area contributed by atoms with Crippen molar-refractivity contribution in [3.63, 3.8) is 0 Å². The molecular weight excluding hydrogens is 753 g/mol. The molecule has 0 radical (unpaired) electrons. The molecule has 1 aromatic heterocycles. The van der Waals surface area contributed by atoms with E-state index in [1.165, 1.54) is 27.9 Å². The van der Waals surface area contributed by atoms with Gasteiger partial charge in [-0.25, -0.2) is 4.98 Å². The Balaban J connectivity index is 0.923. The molecule has 4 atom stereocenters. The fourth-order valence-corrected chi connectivity index (χ4v) is 12.7. The highest BCUT2D eigenvalue weighted by molar-refractivity contribution is 6.01. The van der Waals surface area contributed by atoms with Gasteiger partial charge in [-0.3, -0.25) is 14.6 Å². The van der Waals surface area contributed by atoms with E-state index in [0.717, 1.165) is 86.3 Å². The maximum absolute atomic E-state index is 14.0. The van der Waals surface area contributed by atoms with Gasteiger partial charge in [-0.2, -0.15) is 0 Å². The molecular formula is C53H68N6O2. The van der Waals surface area contributed by atoms with Crippen LogP contribution in [0.25, 0.3) is 11.0 Å². The minimum absolute atomic E-state index is 0.0109. The van der Waals surface area contributed by atoms with E-state index in [9.17, 15) is 9.59 Å². The average molecular weight is 821 g/mol. The first kappa shape index (κ1) is 40.6. The molecule has 6 aliphatic rings. The molecule has 322 valence electrons. The summed E-state index contributed by atoms with van der Waals surface area (Å²) < 4.78 is 0. The average Bonchev–Trinajstić information content (AvgIpc) is 3.90. The summed E-state index contributed by atoms with van der Waals surface area (Å²) in [5.74, 6) is 1.65. The molecule has 5 heterocycles. The minimum Gasteiger partial charge on any atom is -0.357 e. The molecule has 3 saturated heterocycles. The summed E-state index contributed by atoms with van der Waals surface area (Å²) in [5.41, 5.74) is 10.8. The number of imidazole rings is 1. The number of H-pyrrole nitrogens is 1. The van der Waals surface area contributed by atoms with Crippen LogP contribution in [0, 0.1) is 33.5 Å². The highest BCUT2D eigenvalue weighted by Gasteiger charge is 2.70. The number of fused-ring (bicyclic) bond motifs is 2. The predicted molar refractivity (Wildman–Crippen MR) is 246 cm³/mol. The number of nitrogens with zero attached hydrogens (tertiary/aromatic N) is 5. The summed E-state index contributed by atoms with van der Waals surface area (Å²) in [6, 6.07) is 23.5. The Kier molecular flexibility index (Phi) is 9.00. The maximum Gasteiger partial charge on any atom is 0.227 e. The lowest BCUT2D eigenvalue weighted by molar-refractivity contribution is -0.135. The van der Waals surface area contributed by atoms with Crippen LogP contribution in [-0.2, 0) is 21.4 Å². The van der Waals surface area contributed by atoms with Crippen LogP contribution in [-0.4, -0.2) is 56.4 Å². The molecule has 4 aliphatic heterocycles. The fraction of sp³-hybridized carbons (Fsp3) is 0.585. The zero-order valence-corrected chi connectivity index (χ0v) is 38.7. The molecule has 0 spiro atoms. The van der Waals surface area contributed by atoms with E-state index in [1.54, 1.807) is 0 Å². The van der Waals surface area contributed by atoms with E-state index < -0.39 is 0 Å². The number of amides is 2. The second-order valence-electron chi connectivity index (χ2n) is 23.0. The highest BCUT2D eigenvalue weighted by atomic mass is 16.2. The van der Waals surface area contributed by atoms with Gasteiger partial charge in [0.15, 0.2) is 0 Å². The van der Waals surface area contributed by atoms with Crippen LogP contribution in [0.3, 0.4) is 0 Å². The molecule has 8 nitrogen and oxygen atoms in total. The lowest BCUT2D eigenvalue weighted by Gasteiger charge is -2.34. The van der Waals surface area contributed by atoms with Gasteiger partial charge in [0, 0.05) is 42.7 Å². The summed E-state index contributed by atoms with van der Waals surface area (Å²) in [6.07, 6.45) is 6.86. The van der Waals surface area contributed by atoms with Crippen LogP contribution >= 0.6 is 0 Å². The molecule has 61 heavy (non-hydrogen) atoms. The molecule has 5 fully saturated rings. The summed E-state index contributed by atoms with van der Waals surface area (Å²) in [7, 11) is 0. The number of aromatic nitrogens is 2. The molecule has 10 rings (SSSR count). The largest absolute Gasteiger partial charge is 0.357 e. The second kappa shape index (κ2) is 13.5. The Hall–Kier alpha value is -4.46. The highest BCUT2D eigenvalue weighted by Crippen LogP contribution is 2.70. The molecule has 4 aromatic rings. The standard InChI is InChI=1S/C53H68N6O2/c1-49(2,3)34-18-20-35(21-19-34)59-40(31-16-22-36-33(28-31)30-39(54-36)42-14-12-26-57(42)47(60)44-50(4,5)51(44,6)7)24-25-41(59)32-17-23-37-38(29-32)56-46(55-37)43-15-13-27-58(43)48(61)45-52(8,9)53(45,10)11/h16-23,28-29,40-45H,12-15,24-27,30H2,1-11H3,(H,55,56)/t40-,41-,42+,43+/m1/s1. The number of rotatable bonds is 7. The van der Waals surface area contributed by atoms with E-state index in [-0.39, 0.29) is 69.0 Å². The van der Waals surface area contributed by atoms with Gasteiger partial charge in [-0.05, 0) is 118 Å². The van der Waals surface area contributed by atoms with E-state index in [4.69, 9.17) is 9.98 Å². The predicted octanol–water partition coefficient (Wildman–Crippen LogP) is 11.6. The van der Waals surface area contributed by atoms with Crippen LogP contribution in [0.2, 0.25) is 0 Å². The van der Waals surface area contributed by atoms with Crippen molar-refractivity contribution < 1.29 is 9.59 Å².